The number of carbonyl (C=O) groups excluding carboxylic acids is 2. The normalized spacial score (nSPS) is 12.8. The highest BCUT2D eigenvalue weighted by Gasteiger charge is 2.27. The Morgan fingerprint density at radius 2 is 1.81 bits per heavy atom. The second-order valence-corrected chi connectivity index (χ2v) is 9.44. The summed E-state index contributed by atoms with van der Waals surface area (Å²) in [6, 6.07) is 4.96. The molecule has 0 aliphatic carbocycles. The zero-order chi connectivity index (χ0) is 23.3. The molecule has 2 rings (SSSR count). The Morgan fingerprint density at radius 3 is 2.32 bits per heavy atom. The van der Waals surface area contributed by atoms with Crippen molar-refractivity contribution >= 4 is 27.5 Å². The Bertz CT molecular complexity index is 1020. The van der Waals surface area contributed by atoms with E-state index in [1.807, 2.05) is 0 Å². The minimum atomic E-state index is -3.71. The van der Waals surface area contributed by atoms with Gasteiger partial charge in [-0.1, -0.05) is 38.9 Å². The molecule has 1 unspecified atom stereocenters. The number of rotatable bonds is 9. The van der Waals surface area contributed by atoms with Crippen molar-refractivity contribution < 1.29 is 22.5 Å². The highest BCUT2D eigenvalue weighted by atomic mass is 32.2. The molecule has 0 saturated carbocycles. The van der Waals surface area contributed by atoms with Gasteiger partial charge in [0.1, 0.15) is 17.4 Å². The summed E-state index contributed by atoms with van der Waals surface area (Å²) >= 11 is 0. The van der Waals surface area contributed by atoms with E-state index < -0.39 is 27.9 Å². The number of carbonyl (C=O) groups is 2. The lowest BCUT2D eigenvalue weighted by Crippen LogP contribution is -2.47. The number of aromatic nitrogens is 1. The number of anilines is 1. The van der Waals surface area contributed by atoms with Gasteiger partial charge >= 0.3 is 0 Å². The van der Waals surface area contributed by atoms with Gasteiger partial charge in [0.05, 0.1) is 4.90 Å². The van der Waals surface area contributed by atoms with Crippen LogP contribution in [0.1, 0.15) is 49.5 Å². The van der Waals surface area contributed by atoms with Gasteiger partial charge in [0.25, 0.3) is 5.91 Å². The van der Waals surface area contributed by atoms with Gasteiger partial charge in [0.2, 0.25) is 15.9 Å². The van der Waals surface area contributed by atoms with Crippen LogP contribution in [-0.4, -0.2) is 48.8 Å². The third kappa shape index (κ3) is 5.50. The fourth-order valence-corrected chi connectivity index (χ4v) is 4.64. The van der Waals surface area contributed by atoms with E-state index in [1.54, 1.807) is 41.5 Å². The van der Waals surface area contributed by atoms with Gasteiger partial charge in [0.15, 0.2) is 5.76 Å². The summed E-state index contributed by atoms with van der Waals surface area (Å²) in [6.07, 6.45) is 0. The fourth-order valence-electron chi connectivity index (χ4n) is 3.13. The van der Waals surface area contributed by atoms with Gasteiger partial charge < -0.3 is 15.2 Å². The van der Waals surface area contributed by atoms with Gasteiger partial charge in [-0.2, -0.15) is 4.31 Å². The molecule has 10 heteroatoms. The number of amides is 2. The van der Waals surface area contributed by atoms with Crippen LogP contribution in [0, 0.1) is 19.8 Å². The molecule has 1 atom stereocenters. The number of hydrogen-bond donors (Lipinski definition) is 2. The quantitative estimate of drug-likeness (QED) is 0.606. The maximum absolute atomic E-state index is 12.9. The molecule has 31 heavy (non-hydrogen) atoms. The van der Waals surface area contributed by atoms with Crippen molar-refractivity contribution in [1.29, 1.82) is 0 Å². The summed E-state index contributed by atoms with van der Waals surface area (Å²) < 4.78 is 31.9. The third-order valence-corrected chi connectivity index (χ3v) is 7.00. The average molecular weight is 451 g/mol. The molecule has 0 radical (unpaired) electrons. The number of aryl methyl sites for hydroxylation is 2. The molecule has 1 aromatic heterocycles. The lowest BCUT2D eigenvalue weighted by Gasteiger charge is -2.22. The van der Waals surface area contributed by atoms with Gasteiger partial charge in [-0.05, 0) is 38.0 Å². The molecule has 1 heterocycles. The molecule has 0 aliphatic heterocycles. The smallest absolute Gasteiger partial charge is 0.251 e. The van der Waals surface area contributed by atoms with Gasteiger partial charge in [0, 0.05) is 18.7 Å². The second kappa shape index (κ2) is 10.1. The lowest BCUT2D eigenvalue weighted by molar-refractivity contribution is -0.118. The first-order valence-corrected chi connectivity index (χ1v) is 11.6. The number of nitrogens with zero attached hydrogens (tertiary/aromatic N) is 2. The van der Waals surface area contributed by atoms with Crippen molar-refractivity contribution in [2.24, 2.45) is 5.92 Å². The minimum Gasteiger partial charge on any atom is -0.359 e. The van der Waals surface area contributed by atoms with Crippen molar-refractivity contribution in [3.63, 3.8) is 0 Å². The zero-order valence-electron chi connectivity index (χ0n) is 18.7. The van der Waals surface area contributed by atoms with E-state index in [0.29, 0.717) is 30.2 Å². The molecule has 1 aromatic carbocycles. The van der Waals surface area contributed by atoms with Crippen LogP contribution in [0.15, 0.2) is 33.7 Å². The van der Waals surface area contributed by atoms with Crippen molar-refractivity contribution in [2.75, 3.05) is 18.4 Å². The monoisotopic (exact) mass is 450 g/mol. The first-order valence-electron chi connectivity index (χ1n) is 10.2. The third-order valence-electron chi connectivity index (χ3n) is 4.96. The predicted octanol–water partition coefficient (Wildman–Crippen LogP) is 2.72. The number of sulfonamides is 1. The SMILES string of the molecule is CCN(CC)S(=O)(=O)c1cccc(C(=O)NC(C(=O)Nc2c(C)noc2C)C(C)C)c1. The summed E-state index contributed by atoms with van der Waals surface area (Å²) in [6.45, 7) is 11.2. The molecule has 0 saturated heterocycles. The molecule has 170 valence electrons. The Balaban J connectivity index is 2.24. The van der Waals surface area contributed by atoms with Crippen LogP contribution in [0.5, 0.6) is 0 Å². The van der Waals surface area contributed by atoms with Crippen molar-refractivity contribution in [3.05, 3.63) is 41.3 Å². The highest BCUT2D eigenvalue weighted by molar-refractivity contribution is 7.89. The van der Waals surface area contributed by atoms with Crippen LogP contribution in [0.4, 0.5) is 5.69 Å². The van der Waals surface area contributed by atoms with Crippen molar-refractivity contribution in [1.82, 2.24) is 14.8 Å². The molecule has 2 aromatic rings. The van der Waals surface area contributed by atoms with E-state index in [-0.39, 0.29) is 16.4 Å². The molecule has 0 spiro atoms. The van der Waals surface area contributed by atoms with Crippen molar-refractivity contribution in [3.8, 4) is 0 Å². The van der Waals surface area contributed by atoms with E-state index in [2.05, 4.69) is 15.8 Å². The van der Waals surface area contributed by atoms with E-state index in [1.165, 1.54) is 28.6 Å². The maximum atomic E-state index is 12.9. The number of hydrogen-bond acceptors (Lipinski definition) is 6. The minimum absolute atomic E-state index is 0.0325. The van der Waals surface area contributed by atoms with Crippen LogP contribution in [0.25, 0.3) is 0 Å². The van der Waals surface area contributed by atoms with Crippen LogP contribution < -0.4 is 10.6 Å². The second-order valence-electron chi connectivity index (χ2n) is 7.50. The largest absolute Gasteiger partial charge is 0.359 e. The van der Waals surface area contributed by atoms with Gasteiger partial charge in [-0.3, -0.25) is 9.59 Å². The van der Waals surface area contributed by atoms with E-state index in [0.717, 1.165) is 0 Å². The molecule has 0 aliphatic rings. The Labute approximate surface area is 183 Å². The predicted molar refractivity (Wildman–Crippen MR) is 117 cm³/mol. The molecule has 2 amide bonds. The summed E-state index contributed by atoms with van der Waals surface area (Å²) in [4.78, 5) is 25.7. The Hall–Kier alpha value is -2.72. The molecule has 0 fully saturated rings. The van der Waals surface area contributed by atoms with E-state index >= 15 is 0 Å². The Kier molecular flexibility index (Phi) is 7.96. The summed E-state index contributed by atoms with van der Waals surface area (Å²) in [5, 5.41) is 9.26. The average Bonchev–Trinajstić information content (AvgIpc) is 3.04. The molecular formula is C21H30N4O5S. The van der Waals surface area contributed by atoms with Gasteiger partial charge in [-0.15, -0.1) is 0 Å². The van der Waals surface area contributed by atoms with E-state index in [9.17, 15) is 18.0 Å². The van der Waals surface area contributed by atoms with Crippen LogP contribution in [-0.2, 0) is 14.8 Å². The standard InChI is InChI=1S/C21H30N4O5S/c1-7-25(8-2)31(28,29)17-11-9-10-16(12-17)20(26)22-18(13(3)4)21(27)23-19-14(5)24-30-15(19)6/h9-13,18H,7-8H2,1-6H3,(H,22,26)(H,23,27). The highest BCUT2D eigenvalue weighted by Crippen LogP contribution is 2.20. The summed E-state index contributed by atoms with van der Waals surface area (Å²) in [5.74, 6) is -0.699. The first kappa shape index (κ1) is 24.5. The lowest BCUT2D eigenvalue weighted by atomic mass is 10.0. The molecule has 9 nitrogen and oxygen atoms in total. The van der Waals surface area contributed by atoms with Crippen LogP contribution in [0.2, 0.25) is 0 Å². The Morgan fingerprint density at radius 1 is 1.16 bits per heavy atom. The zero-order valence-corrected chi connectivity index (χ0v) is 19.5. The number of benzene rings is 1. The molecule has 2 N–H and O–H groups in total. The first-order chi connectivity index (χ1) is 14.5. The van der Waals surface area contributed by atoms with Crippen molar-refractivity contribution in [2.45, 2.75) is 52.5 Å². The fraction of sp³-hybridized carbons (Fsp3) is 0.476. The maximum Gasteiger partial charge on any atom is 0.251 e. The topological polar surface area (TPSA) is 122 Å². The van der Waals surface area contributed by atoms with Crippen LogP contribution in [0.3, 0.4) is 0 Å². The molecular weight excluding hydrogens is 420 g/mol. The molecule has 0 bridgehead atoms. The van der Waals surface area contributed by atoms with Gasteiger partial charge in [-0.25, -0.2) is 8.42 Å². The van der Waals surface area contributed by atoms with E-state index in [4.69, 9.17) is 4.52 Å². The number of nitrogens with one attached hydrogen (secondary N) is 2. The summed E-state index contributed by atoms with van der Waals surface area (Å²) in [5.41, 5.74) is 1.16. The summed E-state index contributed by atoms with van der Waals surface area (Å²) in [7, 11) is -3.71. The van der Waals surface area contributed by atoms with Crippen LogP contribution >= 0.6 is 0 Å².